The Morgan fingerprint density at radius 1 is 1.19 bits per heavy atom. The van der Waals surface area contributed by atoms with E-state index in [9.17, 15) is 18.0 Å². The molecule has 8 heteroatoms. The number of ether oxygens (including phenoxy) is 1. The summed E-state index contributed by atoms with van der Waals surface area (Å²) in [5.74, 6) is -1.25. The van der Waals surface area contributed by atoms with Crippen LogP contribution in [0.3, 0.4) is 0 Å². The lowest BCUT2D eigenvalue weighted by Gasteiger charge is -2.13. The van der Waals surface area contributed by atoms with Gasteiger partial charge >= 0.3 is 6.18 Å². The van der Waals surface area contributed by atoms with Gasteiger partial charge in [0.1, 0.15) is 17.9 Å². The van der Waals surface area contributed by atoms with Crippen molar-refractivity contribution in [3.63, 3.8) is 0 Å². The molecule has 0 aliphatic rings. The number of rotatable bonds is 4. The Morgan fingerprint density at radius 3 is 2.44 bits per heavy atom. The number of amides is 1. The molecule has 142 valence electrons. The molecule has 0 saturated heterocycles. The number of alkyl halides is 3. The smallest absolute Gasteiger partial charge is 0.449 e. The maximum atomic E-state index is 13.3. The van der Waals surface area contributed by atoms with Crippen LogP contribution in [0.1, 0.15) is 21.7 Å². The predicted octanol–water partition coefficient (Wildman–Crippen LogP) is 3.87. The lowest BCUT2D eigenvalue weighted by molar-refractivity contribution is -0.146. The highest BCUT2D eigenvalue weighted by molar-refractivity contribution is 5.99. The van der Waals surface area contributed by atoms with Gasteiger partial charge in [0.25, 0.3) is 5.91 Å². The van der Waals surface area contributed by atoms with Gasteiger partial charge in [-0.25, -0.2) is 4.98 Å². The van der Waals surface area contributed by atoms with Crippen molar-refractivity contribution in [3.8, 4) is 5.75 Å². The van der Waals surface area contributed by atoms with E-state index in [1.54, 1.807) is 14.1 Å². The number of imidazole rings is 1. The standard InChI is InChI=1S/C19H18F3N3O2/c1-24(2)17(26)13-9-14-16(23-18(25(14)3)19(20,21)22)15(10-13)27-11-12-7-5-4-6-8-12/h4-10H,11H2,1-3H3. The van der Waals surface area contributed by atoms with Crippen LogP contribution in [0.2, 0.25) is 0 Å². The van der Waals surface area contributed by atoms with Crippen LogP contribution in [0.5, 0.6) is 5.75 Å². The van der Waals surface area contributed by atoms with E-state index in [1.165, 1.54) is 24.1 Å². The van der Waals surface area contributed by atoms with E-state index in [2.05, 4.69) is 4.98 Å². The highest BCUT2D eigenvalue weighted by Crippen LogP contribution is 2.35. The summed E-state index contributed by atoms with van der Waals surface area (Å²) in [7, 11) is 4.41. The van der Waals surface area contributed by atoms with Gasteiger partial charge in [-0.15, -0.1) is 0 Å². The van der Waals surface area contributed by atoms with Gasteiger partial charge in [0.2, 0.25) is 5.82 Å². The van der Waals surface area contributed by atoms with Gasteiger partial charge < -0.3 is 14.2 Å². The average Bonchev–Trinajstić information content (AvgIpc) is 2.97. The third kappa shape index (κ3) is 3.74. The van der Waals surface area contributed by atoms with Gasteiger partial charge in [0.05, 0.1) is 5.52 Å². The van der Waals surface area contributed by atoms with Crippen LogP contribution in [0.15, 0.2) is 42.5 Å². The van der Waals surface area contributed by atoms with Crippen molar-refractivity contribution >= 4 is 16.9 Å². The highest BCUT2D eigenvalue weighted by atomic mass is 19.4. The zero-order chi connectivity index (χ0) is 19.8. The number of nitrogens with zero attached hydrogens (tertiary/aromatic N) is 3. The van der Waals surface area contributed by atoms with Crippen LogP contribution < -0.4 is 4.74 Å². The summed E-state index contributed by atoms with van der Waals surface area (Å²) in [6.07, 6.45) is -4.61. The molecule has 0 spiro atoms. The number of carbonyl (C=O) groups is 1. The van der Waals surface area contributed by atoms with Gasteiger partial charge in [0, 0.05) is 26.7 Å². The van der Waals surface area contributed by atoms with Gasteiger partial charge in [-0.05, 0) is 17.7 Å². The summed E-state index contributed by atoms with van der Waals surface area (Å²) < 4.78 is 46.4. The fourth-order valence-electron chi connectivity index (χ4n) is 2.74. The molecule has 0 aliphatic heterocycles. The predicted molar refractivity (Wildman–Crippen MR) is 94.5 cm³/mol. The van der Waals surface area contributed by atoms with Crippen molar-refractivity contribution in [1.82, 2.24) is 14.5 Å². The second-order valence-electron chi connectivity index (χ2n) is 6.31. The van der Waals surface area contributed by atoms with E-state index in [1.807, 2.05) is 30.3 Å². The van der Waals surface area contributed by atoms with Crippen LogP contribution in [-0.2, 0) is 19.8 Å². The Hall–Kier alpha value is -3.03. The summed E-state index contributed by atoms with van der Waals surface area (Å²) in [5, 5.41) is 0. The Bertz CT molecular complexity index is 979. The Morgan fingerprint density at radius 2 is 1.85 bits per heavy atom. The molecule has 1 heterocycles. The molecule has 0 radical (unpaired) electrons. The van der Waals surface area contributed by atoms with Crippen molar-refractivity contribution < 1.29 is 22.7 Å². The molecule has 3 rings (SSSR count). The monoisotopic (exact) mass is 377 g/mol. The topological polar surface area (TPSA) is 47.4 Å². The first-order valence-corrected chi connectivity index (χ1v) is 8.14. The van der Waals surface area contributed by atoms with Crippen molar-refractivity contribution in [3.05, 3.63) is 59.4 Å². The normalized spacial score (nSPS) is 11.6. The molecule has 1 amide bonds. The minimum Gasteiger partial charge on any atom is -0.487 e. The molecule has 27 heavy (non-hydrogen) atoms. The average molecular weight is 377 g/mol. The molecule has 0 atom stereocenters. The van der Waals surface area contributed by atoms with E-state index in [0.29, 0.717) is 0 Å². The number of aryl methyl sites for hydroxylation is 1. The van der Waals surface area contributed by atoms with Crippen molar-refractivity contribution in [1.29, 1.82) is 0 Å². The van der Waals surface area contributed by atoms with Gasteiger partial charge in [-0.1, -0.05) is 30.3 Å². The fourth-order valence-corrected chi connectivity index (χ4v) is 2.74. The molecule has 0 fully saturated rings. The zero-order valence-electron chi connectivity index (χ0n) is 15.0. The van der Waals surface area contributed by atoms with Gasteiger partial charge in [-0.3, -0.25) is 4.79 Å². The largest absolute Gasteiger partial charge is 0.487 e. The first kappa shape index (κ1) is 18.8. The molecular formula is C19H18F3N3O2. The number of fused-ring (bicyclic) bond motifs is 1. The van der Waals surface area contributed by atoms with E-state index in [4.69, 9.17) is 4.74 Å². The molecule has 0 unspecified atom stereocenters. The summed E-state index contributed by atoms with van der Waals surface area (Å²) in [4.78, 5) is 17.4. The lowest BCUT2D eigenvalue weighted by Crippen LogP contribution is -2.21. The number of halogens is 3. The minimum atomic E-state index is -4.61. The summed E-state index contributed by atoms with van der Waals surface area (Å²) >= 11 is 0. The zero-order valence-corrected chi connectivity index (χ0v) is 15.0. The summed E-state index contributed by atoms with van der Waals surface area (Å²) in [5.41, 5.74) is 1.32. The molecule has 1 aromatic heterocycles. The quantitative estimate of drug-likeness (QED) is 0.693. The number of benzene rings is 2. The molecule has 5 nitrogen and oxygen atoms in total. The third-order valence-electron chi connectivity index (χ3n) is 4.10. The Balaban J connectivity index is 2.12. The van der Waals surface area contributed by atoms with Crippen molar-refractivity contribution in [2.45, 2.75) is 12.8 Å². The van der Waals surface area contributed by atoms with E-state index in [-0.39, 0.29) is 34.9 Å². The summed E-state index contributed by atoms with van der Waals surface area (Å²) in [6, 6.07) is 12.0. The number of aromatic nitrogens is 2. The molecular weight excluding hydrogens is 359 g/mol. The number of hydrogen-bond acceptors (Lipinski definition) is 3. The van der Waals surface area contributed by atoms with Crippen molar-refractivity contribution in [2.75, 3.05) is 14.1 Å². The van der Waals surface area contributed by atoms with Crippen LogP contribution in [0, 0.1) is 0 Å². The Kier molecular flexibility index (Phi) is 4.82. The maximum Gasteiger partial charge on any atom is 0.449 e. The maximum absolute atomic E-state index is 13.3. The van der Waals surface area contributed by atoms with E-state index < -0.39 is 12.0 Å². The van der Waals surface area contributed by atoms with E-state index >= 15 is 0 Å². The fraction of sp³-hybridized carbons (Fsp3) is 0.263. The first-order valence-electron chi connectivity index (χ1n) is 8.14. The lowest BCUT2D eigenvalue weighted by atomic mass is 10.1. The second kappa shape index (κ2) is 6.94. The molecule has 0 N–H and O–H groups in total. The minimum absolute atomic E-state index is 0.0658. The van der Waals surface area contributed by atoms with Crippen LogP contribution in [0.25, 0.3) is 11.0 Å². The molecule has 0 aliphatic carbocycles. The molecule has 0 bridgehead atoms. The first-order chi connectivity index (χ1) is 12.7. The van der Waals surface area contributed by atoms with Crippen molar-refractivity contribution in [2.24, 2.45) is 7.05 Å². The number of carbonyl (C=O) groups excluding carboxylic acids is 1. The Labute approximate surface area is 154 Å². The van der Waals surface area contributed by atoms with Gasteiger partial charge in [-0.2, -0.15) is 13.2 Å². The van der Waals surface area contributed by atoms with Crippen LogP contribution >= 0.6 is 0 Å². The molecule has 2 aromatic carbocycles. The SMILES string of the molecule is CN(C)C(=O)c1cc(OCc2ccccc2)c2nc(C(F)(F)F)n(C)c2c1. The second-order valence-corrected chi connectivity index (χ2v) is 6.31. The van der Waals surface area contributed by atoms with Gasteiger partial charge in [0.15, 0.2) is 0 Å². The van der Waals surface area contributed by atoms with Crippen LogP contribution in [-0.4, -0.2) is 34.5 Å². The highest BCUT2D eigenvalue weighted by Gasteiger charge is 2.37. The van der Waals surface area contributed by atoms with Crippen LogP contribution in [0.4, 0.5) is 13.2 Å². The van der Waals surface area contributed by atoms with E-state index in [0.717, 1.165) is 10.1 Å². The third-order valence-corrected chi connectivity index (χ3v) is 4.10. The molecule has 0 saturated carbocycles. The summed E-state index contributed by atoms with van der Waals surface area (Å²) in [6.45, 7) is 0.146. The number of hydrogen-bond donors (Lipinski definition) is 0. The molecule has 3 aromatic rings.